The van der Waals surface area contributed by atoms with Crippen LogP contribution in [0.25, 0.3) is 0 Å². The van der Waals surface area contributed by atoms with E-state index >= 15 is 0 Å². The van der Waals surface area contributed by atoms with Crippen molar-refractivity contribution in [3.8, 4) is 0 Å². The van der Waals surface area contributed by atoms with Gasteiger partial charge in [-0.05, 0) is 0 Å². The van der Waals surface area contributed by atoms with Crippen LogP contribution >= 0.6 is 0 Å². The molecular formula is C6H4F3Zr. The van der Waals surface area contributed by atoms with Crippen LogP contribution < -0.4 is 9.41 Å². The summed E-state index contributed by atoms with van der Waals surface area (Å²) < 4.78 is 11.9. The first kappa shape index (κ1) is 16.5. The standard InChI is InChI=1S/C6H4F.2FH.Zr/c7-6-4-2-1-3-5-6;;;/h2-5H;2*1H;/q-1;;;+3/p-2. The molecule has 0 N–H and O–H groups in total. The van der Waals surface area contributed by atoms with E-state index in [2.05, 4.69) is 6.07 Å². The van der Waals surface area contributed by atoms with Crippen molar-refractivity contribution in [3.05, 3.63) is 36.1 Å². The monoisotopic (exact) mass is 223 g/mol. The molecular weight excluding hydrogens is 220 g/mol. The van der Waals surface area contributed by atoms with Gasteiger partial charge >= 0.3 is 26.2 Å². The summed E-state index contributed by atoms with van der Waals surface area (Å²) in [5.41, 5.74) is 0. The van der Waals surface area contributed by atoms with Gasteiger partial charge in [-0.3, -0.25) is 0 Å². The molecule has 0 amide bonds. The molecule has 1 aromatic rings. The van der Waals surface area contributed by atoms with Crippen molar-refractivity contribution in [2.45, 2.75) is 0 Å². The minimum Gasteiger partial charge on any atom is -1.00 e. The quantitative estimate of drug-likeness (QED) is 0.391. The third-order valence-electron chi connectivity index (χ3n) is 0.678. The number of rotatable bonds is 0. The van der Waals surface area contributed by atoms with E-state index in [0.29, 0.717) is 0 Å². The number of hydrogen-bond acceptors (Lipinski definition) is 0. The second-order valence-corrected chi connectivity index (χ2v) is 1.22. The van der Waals surface area contributed by atoms with Gasteiger partial charge in [-0.2, -0.15) is 18.2 Å². The molecule has 0 unspecified atom stereocenters. The first-order chi connectivity index (χ1) is 3.39. The predicted octanol–water partition coefficient (Wildman–Crippen LogP) is -4.37. The third kappa shape index (κ3) is 6.02. The summed E-state index contributed by atoms with van der Waals surface area (Å²) in [4.78, 5) is 0. The predicted molar refractivity (Wildman–Crippen MR) is 25.2 cm³/mol. The molecule has 1 radical (unpaired) electrons. The minimum absolute atomic E-state index is 0. The Morgan fingerprint density at radius 1 is 1.10 bits per heavy atom. The first-order valence-electron chi connectivity index (χ1n) is 2.01. The summed E-state index contributed by atoms with van der Waals surface area (Å²) in [6, 6.07) is 8.49. The van der Waals surface area contributed by atoms with Gasteiger partial charge in [-0.25, -0.2) is 4.39 Å². The Morgan fingerprint density at radius 2 is 1.50 bits per heavy atom. The Labute approximate surface area is 76.3 Å². The molecule has 0 bridgehead atoms. The molecule has 4 heteroatoms. The fourth-order valence-electron chi connectivity index (χ4n) is 0.367. The second kappa shape index (κ2) is 8.89. The van der Waals surface area contributed by atoms with Crippen LogP contribution in [0.1, 0.15) is 0 Å². The Kier molecular flexibility index (Phi) is 14.6. The van der Waals surface area contributed by atoms with Crippen LogP contribution in [0.3, 0.4) is 0 Å². The van der Waals surface area contributed by atoms with Crippen molar-refractivity contribution in [2.75, 3.05) is 0 Å². The molecule has 0 atom stereocenters. The average Bonchev–Trinajstić information content (AvgIpc) is 1.69. The number of halogens is 3. The van der Waals surface area contributed by atoms with E-state index in [1.807, 2.05) is 0 Å². The van der Waals surface area contributed by atoms with E-state index in [1.165, 1.54) is 24.3 Å². The first-order valence-corrected chi connectivity index (χ1v) is 2.01. The molecule has 0 saturated carbocycles. The smallest absolute Gasteiger partial charge is 1.00 e. The van der Waals surface area contributed by atoms with Gasteiger partial charge in [-0.1, -0.05) is 0 Å². The van der Waals surface area contributed by atoms with Crippen molar-refractivity contribution in [3.63, 3.8) is 0 Å². The van der Waals surface area contributed by atoms with Gasteiger partial charge in [0.25, 0.3) is 0 Å². The molecule has 0 nitrogen and oxygen atoms in total. The summed E-state index contributed by atoms with van der Waals surface area (Å²) in [5.74, 6) is -0.209. The molecule has 0 spiro atoms. The normalized spacial score (nSPS) is 6.10. The molecule has 0 heterocycles. The van der Waals surface area contributed by atoms with E-state index in [9.17, 15) is 4.39 Å². The van der Waals surface area contributed by atoms with Gasteiger partial charge in [0.1, 0.15) is 0 Å². The van der Waals surface area contributed by atoms with Crippen LogP contribution in [-0.4, -0.2) is 0 Å². The van der Waals surface area contributed by atoms with Crippen molar-refractivity contribution in [1.29, 1.82) is 0 Å². The van der Waals surface area contributed by atoms with Crippen molar-refractivity contribution in [1.82, 2.24) is 0 Å². The number of benzene rings is 1. The molecule has 0 aliphatic carbocycles. The maximum absolute atomic E-state index is 11.9. The molecule has 53 valence electrons. The Bertz CT molecular complexity index is 143. The molecule has 1 aromatic carbocycles. The van der Waals surface area contributed by atoms with E-state index in [1.54, 1.807) is 0 Å². The van der Waals surface area contributed by atoms with E-state index in [-0.39, 0.29) is 41.4 Å². The van der Waals surface area contributed by atoms with Crippen LogP contribution in [0.4, 0.5) is 4.39 Å². The molecule has 0 aliphatic heterocycles. The van der Waals surface area contributed by atoms with E-state index < -0.39 is 0 Å². The van der Waals surface area contributed by atoms with Crippen LogP contribution in [-0.2, 0) is 26.2 Å². The Balaban J connectivity index is -0.000000163. The van der Waals surface area contributed by atoms with Crippen LogP contribution in [0.5, 0.6) is 0 Å². The van der Waals surface area contributed by atoms with E-state index in [0.717, 1.165) is 0 Å². The largest absolute Gasteiger partial charge is 3.00 e. The molecule has 10 heavy (non-hydrogen) atoms. The summed E-state index contributed by atoms with van der Waals surface area (Å²) in [6.07, 6.45) is 0. The fourth-order valence-corrected chi connectivity index (χ4v) is 0.367. The Hall–Kier alpha value is -0.107. The molecule has 0 saturated heterocycles. The topological polar surface area (TPSA) is 0 Å². The van der Waals surface area contributed by atoms with Gasteiger partial charge in [0.05, 0.1) is 0 Å². The Morgan fingerprint density at radius 3 is 1.70 bits per heavy atom. The summed E-state index contributed by atoms with van der Waals surface area (Å²) in [6.45, 7) is 0. The third-order valence-corrected chi connectivity index (χ3v) is 0.678. The van der Waals surface area contributed by atoms with Gasteiger partial charge in [0.2, 0.25) is 0 Å². The van der Waals surface area contributed by atoms with E-state index in [4.69, 9.17) is 0 Å². The van der Waals surface area contributed by atoms with Crippen LogP contribution in [0.2, 0.25) is 0 Å². The summed E-state index contributed by atoms with van der Waals surface area (Å²) in [5, 5.41) is 0. The van der Waals surface area contributed by atoms with Gasteiger partial charge in [0.15, 0.2) is 0 Å². The zero-order chi connectivity index (χ0) is 5.11. The molecule has 0 aliphatic rings. The minimum atomic E-state index is -0.209. The summed E-state index contributed by atoms with van der Waals surface area (Å²) >= 11 is 0. The number of hydrogen-bond donors (Lipinski definition) is 0. The maximum atomic E-state index is 11.9. The SMILES string of the molecule is Fc1cc[c-]cc1.[F-].[F-].[Zr+3]. The van der Waals surface area contributed by atoms with Crippen molar-refractivity contribution in [2.24, 2.45) is 0 Å². The van der Waals surface area contributed by atoms with Crippen molar-refractivity contribution >= 4 is 0 Å². The van der Waals surface area contributed by atoms with Crippen LogP contribution in [0.15, 0.2) is 24.3 Å². The second-order valence-electron chi connectivity index (χ2n) is 1.22. The molecule has 0 aromatic heterocycles. The molecule has 0 fully saturated rings. The zero-order valence-corrected chi connectivity index (χ0v) is 7.40. The van der Waals surface area contributed by atoms with Crippen molar-refractivity contribution < 1.29 is 40.0 Å². The zero-order valence-electron chi connectivity index (χ0n) is 4.94. The average molecular weight is 224 g/mol. The van der Waals surface area contributed by atoms with Gasteiger partial charge < -0.3 is 9.41 Å². The van der Waals surface area contributed by atoms with Crippen LogP contribution in [0, 0.1) is 11.9 Å². The summed E-state index contributed by atoms with van der Waals surface area (Å²) in [7, 11) is 0. The van der Waals surface area contributed by atoms with Gasteiger partial charge in [0, 0.05) is 5.82 Å². The fraction of sp³-hybridized carbons (Fsp3) is 0. The molecule has 1 rings (SSSR count). The maximum Gasteiger partial charge on any atom is 3.00 e. The van der Waals surface area contributed by atoms with Gasteiger partial charge in [-0.15, -0.1) is 12.1 Å².